The topological polar surface area (TPSA) is 95.7 Å². The second-order valence-electron chi connectivity index (χ2n) is 5.12. The van der Waals surface area contributed by atoms with Gasteiger partial charge in [-0.15, -0.1) is 0 Å². The predicted octanol–water partition coefficient (Wildman–Crippen LogP) is 2.19. The molecule has 7 nitrogen and oxygen atoms in total. The van der Waals surface area contributed by atoms with E-state index in [-0.39, 0.29) is 11.3 Å². The summed E-state index contributed by atoms with van der Waals surface area (Å²) in [5, 5.41) is 22.9. The van der Waals surface area contributed by atoms with Gasteiger partial charge in [-0.3, -0.25) is 10.1 Å². The summed E-state index contributed by atoms with van der Waals surface area (Å²) in [6, 6.07) is 3.86. The molecule has 1 aromatic rings. The normalized spacial score (nSPS) is 15.0. The fourth-order valence-corrected chi connectivity index (χ4v) is 2.51. The number of rotatable bonds is 7. The summed E-state index contributed by atoms with van der Waals surface area (Å²) in [4.78, 5) is 23.6. The Morgan fingerprint density at radius 1 is 1.38 bits per heavy atom. The van der Waals surface area contributed by atoms with Crippen molar-refractivity contribution in [2.45, 2.75) is 19.3 Å². The molecule has 0 atom stereocenters. The third-order valence-electron chi connectivity index (χ3n) is 3.61. The second kappa shape index (κ2) is 7.03. The number of non-ortho nitro benzene ring substituents is 1. The van der Waals surface area contributed by atoms with E-state index < -0.39 is 10.9 Å². The first-order valence-corrected chi connectivity index (χ1v) is 7.06. The quantitative estimate of drug-likeness (QED) is 0.454. The van der Waals surface area contributed by atoms with Crippen LogP contribution in [0.5, 0.6) is 0 Å². The number of hydrogen-bond acceptors (Lipinski definition) is 5. The zero-order valence-electron chi connectivity index (χ0n) is 11.7. The number of carbonyl (C=O) groups is 1. The van der Waals surface area contributed by atoms with Gasteiger partial charge in [-0.25, -0.2) is 4.79 Å². The highest BCUT2D eigenvalue weighted by Crippen LogP contribution is 2.22. The van der Waals surface area contributed by atoms with Crippen LogP contribution in [0.1, 0.15) is 29.6 Å². The molecule has 1 aliphatic rings. The lowest BCUT2D eigenvalue weighted by atomic mass is 10.1. The third kappa shape index (κ3) is 4.16. The summed E-state index contributed by atoms with van der Waals surface area (Å²) in [6.45, 7) is 3.91. The van der Waals surface area contributed by atoms with Gasteiger partial charge in [0.25, 0.3) is 5.69 Å². The van der Waals surface area contributed by atoms with Gasteiger partial charge in [0.1, 0.15) is 0 Å². The molecule has 0 radical (unpaired) electrons. The summed E-state index contributed by atoms with van der Waals surface area (Å²) in [5.74, 6) is -1.17. The molecule has 0 saturated carbocycles. The molecule has 0 aromatic heterocycles. The minimum Gasteiger partial charge on any atom is -0.478 e. The van der Waals surface area contributed by atoms with Gasteiger partial charge in [0, 0.05) is 24.4 Å². The van der Waals surface area contributed by atoms with Crippen LogP contribution in [0.4, 0.5) is 11.4 Å². The van der Waals surface area contributed by atoms with E-state index >= 15 is 0 Å². The number of nitrogens with one attached hydrogen (secondary N) is 1. The van der Waals surface area contributed by atoms with Gasteiger partial charge in [-0.05, 0) is 45.0 Å². The van der Waals surface area contributed by atoms with Crippen LogP contribution in [-0.2, 0) is 0 Å². The first-order chi connectivity index (χ1) is 10.1. The van der Waals surface area contributed by atoms with E-state index in [1.54, 1.807) is 0 Å². The summed E-state index contributed by atoms with van der Waals surface area (Å²) >= 11 is 0. The number of hydrogen-bond donors (Lipinski definition) is 2. The molecule has 0 spiro atoms. The molecule has 0 unspecified atom stereocenters. The number of nitro groups is 1. The van der Waals surface area contributed by atoms with Gasteiger partial charge in [0.05, 0.1) is 10.5 Å². The minimum atomic E-state index is -1.17. The second-order valence-corrected chi connectivity index (χ2v) is 5.12. The van der Waals surface area contributed by atoms with Crippen LogP contribution in [-0.4, -0.2) is 47.1 Å². The standard InChI is InChI=1S/C14H19N3O4/c18-14(19)12-10-11(17(20)21)4-5-13(12)15-6-3-9-16-7-1-2-8-16/h4-5,10,15H,1-3,6-9H2,(H,18,19). The average molecular weight is 293 g/mol. The average Bonchev–Trinajstić information content (AvgIpc) is 2.96. The molecule has 0 amide bonds. The Labute approximate surface area is 122 Å². The summed E-state index contributed by atoms with van der Waals surface area (Å²) in [6.07, 6.45) is 3.41. The summed E-state index contributed by atoms with van der Waals surface area (Å²) in [5.41, 5.74) is 0.148. The maximum Gasteiger partial charge on any atom is 0.338 e. The van der Waals surface area contributed by atoms with Crippen molar-refractivity contribution in [1.29, 1.82) is 0 Å². The third-order valence-corrected chi connectivity index (χ3v) is 3.61. The van der Waals surface area contributed by atoms with Crippen molar-refractivity contribution in [1.82, 2.24) is 4.90 Å². The Hall–Kier alpha value is -2.15. The molecule has 2 rings (SSSR count). The van der Waals surface area contributed by atoms with E-state index in [0.29, 0.717) is 12.2 Å². The van der Waals surface area contributed by atoms with Crippen molar-refractivity contribution in [2.75, 3.05) is 31.5 Å². The van der Waals surface area contributed by atoms with E-state index in [1.165, 1.54) is 25.0 Å². The number of anilines is 1. The van der Waals surface area contributed by atoms with Gasteiger partial charge in [-0.1, -0.05) is 0 Å². The smallest absolute Gasteiger partial charge is 0.338 e. The van der Waals surface area contributed by atoms with Gasteiger partial charge in [0.2, 0.25) is 0 Å². The number of aromatic carboxylic acids is 1. The summed E-state index contributed by atoms with van der Waals surface area (Å²) < 4.78 is 0. The first-order valence-electron chi connectivity index (χ1n) is 7.06. The van der Waals surface area contributed by atoms with Gasteiger partial charge < -0.3 is 15.3 Å². The van der Waals surface area contributed by atoms with Crippen LogP contribution in [0.3, 0.4) is 0 Å². The number of carboxylic acids is 1. The molecular formula is C14H19N3O4. The van der Waals surface area contributed by atoms with Crippen molar-refractivity contribution in [3.8, 4) is 0 Å². The molecule has 1 fully saturated rings. The van der Waals surface area contributed by atoms with Crippen LogP contribution in [0.15, 0.2) is 18.2 Å². The Bertz CT molecular complexity index is 527. The molecule has 0 bridgehead atoms. The maximum absolute atomic E-state index is 11.2. The van der Waals surface area contributed by atoms with Crippen molar-refractivity contribution >= 4 is 17.3 Å². The molecule has 21 heavy (non-hydrogen) atoms. The van der Waals surface area contributed by atoms with Gasteiger partial charge in [0.15, 0.2) is 0 Å². The van der Waals surface area contributed by atoms with Crippen LogP contribution in [0, 0.1) is 10.1 Å². The van der Waals surface area contributed by atoms with Crippen molar-refractivity contribution in [2.24, 2.45) is 0 Å². The van der Waals surface area contributed by atoms with Gasteiger partial charge >= 0.3 is 5.97 Å². The number of nitro benzene ring substituents is 1. The lowest BCUT2D eigenvalue weighted by molar-refractivity contribution is -0.384. The molecule has 1 saturated heterocycles. The largest absolute Gasteiger partial charge is 0.478 e. The number of benzene rings is 1. The maximum atomic E-state index is 11.2. The molecular weight excluding hydrogens is 274 g/mol. The SMILES string of the molecule is O=C(O)c1cc([N+](=O)[O-])ccc1NCCCN1CCCC1. The highest BCUT2D eigenvalue weighted by atomic mass is 16.6. The molecule has 114 valence electrons. The molecule has 1 aromatic carbocycles. The number of nitrogens with zero attached hydrogens (tertiary/aromatic N) is 2. The zero-order valence-corrected chi connectivity index (χ0v) is 11.7. The fourth-order valence-electron chi connectivity index (χ4n) is 2.51. The fraction of sp³-hybridized carbons (Fsp3) is 0.500. The number of likely N-dealkylation sites (tertiary alicyclic amines) is 1. The van der Waals surface area contributed by atoms with Gasteiger partial charge in [-0.2, -0.15) is 0 Å². The minimum absolute atomic E-state index is 0.0645. The van der Waals surface area contributed by atoms with Crippen LogP contribution < -0.4 is 5.32 Å². The van der Waals surface area contributed by atoms with E-state index in [1.807, 2.05) is 0 Å². The number of carboxylic acid groups (broad SMARTS) is 1. The molecule has 2 N–H and O–H groups in total. The molecule has 1 heterocycles. The van der Waals surface area contributed by atoms with Crippen LogP contribution in [0.25, 0.3) is 0 Å². The summed E-state index contributed by atoms with van der Waals surface area (Å²) in [7, 11) is 0. The molecule has 0 aliphatic carbocycles. The van der Waals surface area contributed by atoms with E-state index in [9.17, 15) is 14.9 Å². The first kappa shape index (κ1) is 15.2. The monoisotopic (exact) mass is 293 g/mol. The zero-order chi connectivity index (χ0) is 15.2. The predicted molar refractivity (Wildman–Crippen MR) is 78.8 cm³/mol. The molecule has 1 aliphatic heterocycles. The van der Waals surface area contributed by atoms with Crippen molar-refractivity contribution in [3.05, 3.63) is 33.9 Å². The highest BCUT2D eigenvalue weighted by molar-refractivity contribution is 5.95. The lowest BCUT2D eigenvalue weighted by Crippen LogP contribution is -2.22. The Balaban J connectivity index is 1.92. The van der Waals surface area contributed by atoms with E-state index in [2.05, 4.69) is 10.2 Å². The van der Waals surface area contributed by atoms with Crippen LogP contribution in [0.2, 0.25) is 0 Å². The highest BCUT2D eigenvalue weighted by Gasteiger charge is 2.16. The Morgan fingerprint density at radius 3 is 2.71 bits per heavy atom. The van der Waals surface area contributed by atoms with Crippen molar-refractivity contribution in [3.63, 3.8) is 0 Å². The Morgan fingerprint density at radius 2 is 2.10 bits per heavy atom. The lowest BCUT2D eigenvalue weighted by Gasteiger charge is -2.15. The Kier molecular flexibility index (Phi) is 5.10. The van der Waals surface area contributed by atoms with E-state index in [4.69, 9.17) is 5.11 Å². The van der Waals surface area contributed by atoms with Crippen molar-refractivity contribution < 1.29 is 14.8 Å². The van der Waals surface area contributed by atoms with Crippen LogP contribution >= 0.6 is 0 Å². The molecule has 7 heteroatoms. The van der Waals surface area contributed by atoms with E-state index in [0.717, 1.165) is 32.1 Å².